The number of aryl methyl sites for hydroxylation is 1. The van der Waals surface area contributed by atoms with Gasteiger partial charge in [0, 0.05) is 13.6 Å². The molecular formula is C14H16N6O2S. The van der Waals surface area contributed by atoms with Gasteiger partial charge in [-0.05, 0) is 11.1 Å². The molecule has 0 fully saturated rings. The lowest BCUT2D eigenvalue weighted by Gasteiger charge is -2.07. The number of rotatable bonds is 5. The lowest BCUT2D eigenvalue weighted by molar-refractivity contribution is 0.597. The Morgan fingerprint density at radius 1 is 1.17 bits per heavy atom. The SMILES string of the molecule is Cn1ncc2c(NCc3ccc(CS(N)(=O)=O)cc3)ncnc21. The van der Waals surface area contributed by atoms with Crippen LogP contribution in [-0.2, 0) is 29.4 Å². The molecule has 0 atom stereocenters. The van der Waals surface area contributed by atoms with Crippen molar-refractivity contribution < 1.29 is 8.42 Å². The molecule has 2 heterocycles. The summed E-state index contributed by atoms with van der Waals surface area (Å²) in [6.07, 6.45) is 3.20. The van der Waals surface area contributed by atoms with Crippen LogP contribution in [0.3, 0.4) is 0 Å². The Labute approximate surface area is 133 Å². The summed E-state index contributed by atoms with van der Waals surface area (Å²) in [4.78, 5) is 8.41. The molecule has 0 aliphatic rings. The van der Waals surface area contributed by atoms with Gasteiger partial charge in [0.25, 0.3) is 0 Å². The van der Waals surface area contributed by atoms with Gasteiger partial charge in [-0.1, -0.05) is 24.3 Å². The minimum Gasteiger partial charge on any atom is -0.365 e. The maximum atomic E-state index is 11.1. The van der Waals surface area contributed by atoms with Gasteiger partial charge in [0.15, 0.2) is 5.65 Å². The van der Waals surface area contributed by atoms with Gasteiger partial charge < -0.3 is 5.32 Å². The Morgan fingerprint density at radius 3 is 2.57 bits per heavy atom. The number of hydrogen-bond donors (Lipinski definition) is 2. The number of benzene rings is 1. The maximum Gasteiger partial charge on any atom is 0.213 e. The molecule has 9 heteroatoms. The number of nitrogens with one attached hydrogen (secondary N) is 1. The van der Waals surface area contributed by atoms with Crippen LogP contribution in [0.5, 0.6) is 0 Å². The molecule has 0 aliphatic heterocycles. The Morgan fingerprint density at radius 2 is 1.87 bits per heavy atom. The second-order valence-corrected chi connectivity index (χ2v) is 6.82. The summed E-state index contributed by atoms with van der Waals surface area (Å²) in [6.45, 7) is 0.552. The molecule has 0 spiro atoms. The number of primary sulfonamides is 1. The molecule has 0 radical (unpaired) electrons. The molecule has 0 bridgehead atoms. The molecule has 120 valence electrons. The fourth-order valence-corrected chi connectivity index (χ4v) is 2.93. The second-order valence-electron chi connectivity index (χ2n) is 5.20. The van der Waals surface area contributed by atoms with Gasteiger partial charge in [-0.2, -0.15) is 5.10 Å². The van der Waals surface area contributed by atoms with Gasteiger partial charge in [0.2, 0.25) is 10.0 Å². The quantitative estimate of drug-likeness (QED) is 0.713. The van der Waals surface area contributed by atoms with E-state index in [1.165, 1.54) is 6.33 Å². The third kappa shape index (κ3) is 3.63. The van der Waals surface area contributed by atoms with E-state index in [1.807, 2.05) is 19.2 Å². The molecule has 0 aliphatic carbocycles. The number of aromatic nitrogens is 4. The van der Waals surface area contributed by atoms with Crippen molar-refractivity contribution in [3.8, 4) is 0 Å². The lowest BCUT2D eigenvalue weighted by Crippen LogP contribution is -2.14. The van der Waals surface area contributed by atoms with Crippen LogP contribution in [0.15, 0.2) is 36.8 Å². The number of nitrogens with zero attached hydrogens (tertiary/aromatic N) is 4. The first-order valence-corrected chi connectivity index (χ1v) is 8.59. The summed E-state index contributed by atoms with van der Waals surface area (Å²) in [6, 6.07) is 7.21. The zero-order valence-electron chi connectivity index (χ0n) is 12.5. The van der Waals surface area contributed by atoms with Gasteiger partial charge in [-0.15, -0.1) is 0 Å². The summed E-state index contributed by atoms with van der Waals surface area (Å²) in [7, 11) is -1.69. The van der Waals surface area contributed by atoms with E-state index < -0.39 is 10.0 Å². The van der Waals surface area contributed by atoms with E-state index in [0.717, 1.165) is 16.6 Å². The van der Waals surface area contributed by atoms with Crippen molar-refractivity contribution in [1.82, 2.24) is 19.7 Å². The predicted octanol–water partition coefficient (Wildman–Crippen LogP) is 0.764. The third-order valence-corrected chi connectivity index (χ3v) is 4.12. The standard InChI is InChI=1S/C14H16N6O2S/c1-20-14-12(7-19-20)13(17-9-18-14)16-6-10-2-4-11(5-3-10)8-23(15,21)22/h2-5,7,9H,6,8H2,1H3,(H2,15,21,22)(H,16,17,18). The molecule has 1 aromatic carbocycles. The van der Waals surface area contributed by atoms with Crippen LogP contribution in [0.2, 0.25) is 0 Å². The predicted molar refractivity (Wildman–Crippen MR) is 86.9 cm³/mol. The second kappa shape index (κ2) is 5.94. The normalized spacial score (nSPS) is 11.7. The number of hydrogen-bond acceptors (Lipinski definition) is 6. The molecule has 23 heavy (non-hydrogen) atoms. The van der Waals surface area contributed by atoms with Crippen molar-refractivity contribution in [3.63, 3.8) is 0 Å². The first-order valence-electron chi connectivity index (χ1n) is 6.87. The molecule has 3 N–H and O–H groups in total. The highest BCUT2D eigenvalue weighted by Crippen LogP contribution is 2.18. The third-order valence-electron chi connectivity index (χ3n) is 3.38. The number of nitrogens with two attached hydrogens (primary N) is 1. The van der Waals surface area contributed by atoms with E-state index in [4.69, 9.17) is 5.14 Å². The monoisotopic (exact) mass is 332 g/mol. The summed E-state index contributed by atoms with van der Waals surface area (Å²) >= 11 is 0. The molecular weight excluding hydrogens is 316 g/mol. The van der Waals surface area contributed by atoms with Crippen molar-refractivity contribution in [2.75, 3.05) is 5.32 Å². The number of anilines is 1. The van der Waals surface area contributed by atoms with E-state index in [-0.39, 0.29) is 5.75 Å². The molecule has 0 unspecified atom stereocenters. The van der Waals surface area contributed by atoms with E-state index in [2.05, 4.69) is 20.4 Å². The molecule has 0 saturated carbocycles. The van der Waals surface area contributed by atoms with E-state index in [0.29, 0.717) is 17.9 Å². The first kappa shape index (κ1) is 15.4. The van der Waals surface area contributed by atoms with E-state index in [9.17, 15) is 8.42 Å². The number of fused-ring (bicyclic) bond motifs is 1. The maximum absolute atomic E-state index is 11.1. The van der Waals surface area contributed by atoms with Gasteiger partial charge in [-0.3, -0.25) is 4.68 Å². The van der Waals surface area contributed by atoms with Gasteiger partial charge in [0.05, 0.1) is 17.3 Å². The van der Waals surface area contributed by atoms with Crippen molar-refractivity contribution in [2.45, 2.75) is 12.3 Å². The van der Waals surface area contributed by atoms with Crippen LogP contribution >= 0.6 is 0 Å². The smallest absolute Gasteiger partial charge is 0.213 e. The van der Waals surface area contributed by atoms with Crippen LogP contribution in [0, 0.1) is 0 Å². The zero-order chi connectivity index (χ0) is 16.4. The molecule has 3 aromatic rings. The van der Waals surface area contributed by atoms with Crippen LogP contribution in [0.1, 0.15) is 11.1 Å². The zero-order valence-corrected chi connectivity index (χ0v) is 13.3. The van der Waals surface area contributed by atoms with E-state index >= 15 is 0 Å². The molecule has 2 aromatic heterocycles. The van der Waals surface area contributed by atoms with Gasteiger partial charge >= 0.3 is 0 Å². The van der Waals surface area contributed by atoms with Crippen molar-refractivity contribution in [2.24, 2.45) is 12.2 Å². The largest absolute Gasteiger partial charge is 0.365 e. The van der Waals surface area contributed by atoms with Gasteiger partial charge in [0.1, 0.15) is 12.1 Å². The van der Waals surface area contributed by atoms with Crippen LogP contribution in [0.4, 0.5) is 5.82 Å². The Hall–Kier alpha value is -2.52. The Balaban J connectivity index is 1.72. The fraction of sp³-hybridized carbons (Fsp3) is 0.214. The summed E-state index contributed by atoms with van der Waals surface area (Å²) in [5.41, 5.74) is 2.41. The highest BCUT2D eigenvalue weighted by atomic mass is 32.2. The summed E-state index contributed by atoms with van der Waals surface area (Å²) in [5, 5.41) is 13.3. The molecule has 3 rings (SSSR count). The molecule has 0 amide bonds. The van der Waals surface area contributed by atoms with Crippen LogP contribution < -0.4 is 10.5 Å². The lowest BCUT2D eigenvalue weighted by atomic mass is 10.1. The van der Waals surface area contributed by atoms with Crippen molar-refractivity contribution in [3.05, 3.63) is 47.9 Å². The highest BCUT2D eigenvalue weighted by molar-refractivity contribution is 7.88. The van der Waals surface area contributed by atoms with Crippen LogP contribution in [0.25, 0.3) is 11.0 Å². The highest BCUT2D eigenvalue weighted by Gasteiger charge is 2.08. The summed E-state index contributed by atoms with van der Waals surface area (Å²) < 4.78 is 23.8. The summed E-state index contributed by atoms with van der Waals surface area (Å²) in [5.74, 6) is 0.542. The minimum atomic E-state index is -3.51. The van der Waals surface area contributed by atoms with Crippen molar-refractivity contribution >= 4 is 26.9 Å². The Kier molecular flexibility index (Phi) is 3.97. The first-order chi connectivity index (χ1) is 10.9. The Bertz CT molecular complexity index is 934. The fourth-order valence-electron chi connectivity index (χ4n) is 2.27. The topological polar surface area (TPSA) is 116 Å². The number of sulfonamides is 1. The molecule has 0 saturated heterocycles. The average molecular weight is 332 g/mol. The molecule has 8 nitrogen and oxygen atoms in total. The van der Waals surface area contributed by atoms with E-state index in [1.54, 1.807) is 23.0 Å². The average Bonchev–Trinajstić information content (AvgIpc) is 2.87. The van der Waals surface area contributed by atoms with Crippen LogP contribution in [-0.4, -0.2) is 28.2 Å². The van der Waals surface area contributed by atoms with Crippen molar-refractivity contribution in [1.29, 1.82) is 0 Å². The minimum absolute atomic E-state index is 0.164. The van der Waals surface area contributed by atoms with Gasteiger partial charge in [-0.25, -0.2) is 23.5 Å².